The molecule has 6 heteroatoms. The van der Waals surface area contributed by atoms with E-state index in [1.54, 1.807) is 0 Å². The number of hydrogen-bond donors (Lipinski definition) is 1. The van der Waals surface area contributed by atoms with Crippen molar-refractivity contribution in [2.45, 2.75) is 6.61 Å². The summed E-state index contributed by atoms with van der Waals surface area (Å²) in [6, 6.07) is 28.3. The quantitative estimate of drug-likeness (QED) is 0.461. The normalized spacial score (nSPS) is 10.9. The van der Waals surface area contributed by atoms with E-state index in [0.717, 1.165) is 33.3 Å². The van der Waals surface area contributed by atoms with E-state index in [9.17, 15) is 4.79 Å². The summed E-state index contributed by atoms with van der Waals surface area (Å²) in [6.07, 6.45) is 0. The fraction of sp³-hybridized carbons (Fsp3) is 0.0417. The van der Waals surface area contributed by atoms with Crippen molar-refractivity contribution in [1.82, 2.24) is 15.1 Å². The van der Waals surface area contributed by atoms with E-state index in [0.29, 0.717) is 11.6 Å². The molecule has 2 heterocycles. The molecule has 0 radical (unpaired) electrons. The first-order valence-electron chi connectivity index (χ1n) is 9.49. The molecule has 0 aliphatic rings. The Balaban J connectivity index is 1.48. The second kappa shape index (κ2) is 7.67. The minimum Gasteiger partial charge on any atom is -0.486 e. The van der Waals surface area contributed by atoms with Gasteiger partial charge in [0.1, 0.15) is 12.4 Å². The molecule has 0 aliphatic heterocycles. The number of nitrogens with zero attached hydrogens (tertiary/aromatic N) is 2. The maximum absolute atomic E-state index is 11.0. The van der Waals surface area contributed by atoms with Gasteiger partial charge < -0.3 is 4.74 Å². The lowest BCUT2D eigenvalue weighted by Gasteiger charge is -2.11. The van der Waals surface area contributed by atoms with Crippen LogP contribution in [0.5, 0.6) is 5.75 Å². The van der Waals surface area contributed by atoms with E-state index < -0.39 is 5.76 Å². The summed E-state index contributed by atoms with van der Waals surface area (Å²) in [7, 11) is 0. The Bertz CT molecular complexity index is 1360. The van der Waals surface area contributed by atoms with Crippen molar-refractivity contribution in [2.24, 2.45) is 0 Å². The fourth-order valence-electron chi connectivity index (χ4n) is 3.38. The lowest BCUT2D eigenvalue weighted by molar-refractivity contribution is 0.285. The monoisotopic (exact) mass is 395 g/mol. The smallest absolute Gasteiger partial charge is 0.439 e. The van der Waals surface area contributed by atoms with Crippen molar-refractivity contribution in [3.05, 3.63) is 101 Å². The first kappa shape index (κ1) is 17.9. The summed E-state index contributed by atoms with van der Waals surface area (Å²) < 4.78 is 10.1. The molecule has 0 saturated carbocycles. The molecule has 2 aromatic heterocycles. The Hall–Kier alpha value is -4.19. The van der Waals surface area contributed by atoms with E-state index >= 15 is 0 Å². The number of fused-ring (bicyclic) bond motifs is 1. The van der Waals surface area contributed by atoms with Crippen LogP contribution in [0, 0.1) is 0 Å². The van der Waals surface area contributed by atoms with Gasteiger partial charge in [-0.1, -0.05) is 53.7 Å². The Morgan fingerprint density at radius 1 is 0.867 bits per heavy atom. The SMILES string of the molecule is O=c1[nH]c(COc2ccc(-c3cc(-c4ccccc4)c4ccccc4n3)cc2)no1. The summed E-state index contributed by atoms with van der Waals surface area (Å²) in [5, 5.41) is 4.70. The minimum absolute atomic E-state index is 0.122. The van der Waals surface area contributed by atoms with E-state index in [1.807, 2.05) is 60.7 Å². The van der Waals surface area contributed by atoms with Gasteiger partial charge >= 0.3 is 5.76 Å². The van der Waals surface area contributed by atoms with Crippen molar-refractivity contribution < 1.29 is 9.26 Å². The van der Waals surface area contributed by atoms with Crippen molar-refractivity contribution in [2.75, 3.05) is 0 Å². The number of nitrogens with one attached hydrogen (secondary N) is 1. The van der Waals surface area contributed by atoms with Crippen molar-refractivity contribution in [3.8, 4) is 28.1 Å². The third-order valence-corrected chi connectivity index (χ3v) is 4.81. The van der Waals surface area contributed by atoms with Gasteiger partial charge in [-0.3, -0.25) is 9.51 Å². The van der Waals surface area contributed by atoms with Crippen molar-refractivity contribution in [1.29, 1.82) is 0 Å². The molecule has 0 fully saturated rings. The van der Waals surface area contributed by atoms with Gasteiger partial charge in [0.15, 0.2) is 5.82 Å². The highest BCUT2D eigenvalue weighted by Crippen LogP contribution is 2.32. The zero-order valence-corrected chi connectivity index (χ0v) is 15.9. The second-order valence-corrected chi connectivity index (χ2v) is 6.79. The average Bonchev–Trinajstić information content (AvgIpc) is 3.23. The molecule has 0 amide bonds. The van der Waals surface area contributed by atoms with Crippen LogP contribution in [0.4, 0.5) is 0 Å². The first-order chi connectivity index (χ1) is 14.8. The molecule has 0 spiro atoms. The molecule has 5 rings (SSSR count). The Morgan fingerprint density at radius 3 is 2.40 bits per heavy atom. The number of hydrogen-bond acceptors (Lipinski definition) is 5. The minimum atomic E-state index is -0.597. The topological polar surface area (TPSA) is 81.0 Å². The van der Waals surface area contributed by atoms with E-state index in [1.165, 1.54) is 0 Å². The molecule has 0 aliphatic carbocycles. The standard InChI is InChI=1S/C24H17N3O3/c28-24-26-23(27-30-24)15-29-18-12-10-17(11-13-18)22-14-20(16-6-2-1-3-7-16)19-8-4-5-9-21(19)25-22/h1-14H,15H2,(H,26,27,28). The van der Waals surface area contributed by atoms with Crippen LogP contribution in [0.15, 0.2) is 94.2 Å². The van der Waals surface area contributed by atoms with Gasteiger partial charge in [-0.05, 0) is 47.5 Å². The number of rotatable bonds is 5. The molecule has 0 unspecified atom stereocenters. The molecule has 1 N–H and O–H groups in total. The number of H-pyrrole nitrogens is 1. The van der Waals surface area contributed by atoms with Crippen LogP contribution in [0.1, 0.15) is 5.82 Å². The molecular formula is C24H17N3O3. The van der Waals surface area contributed by atoms with Gasteiger partial charge in [0.05, 0.1) is 11.2 Å². The van der Waals surface area contributed by atoms with E-state index in [-0.39, 0.29) is 6.61 Å². The third kappa shape index (κ3) is 3.58. The highest BCUT2D eigenvalue weighted by Gasteiger charge is 2.10. The largest absolute Gasteiger partial charge is 0.486 e. The van der Waals surface area contributed by atoms with Gasteiger partial charge in [-0.25, -0.2) is 9.78 Å². The van der Waals surface area contributed by atoms with Crippen LogP contribution in [0.2, 0.25) is 0 Å². The Labute approximate surface area is 171 Å². The number of ether oxygens (including phenoxy) is 1. The zero-order valence-electron chi connectivity index (χ0n) is 15.9. The van der Waals surface area contributed by atoms with Crippen LogP contribution in [0.3, 0.4) is 0 Å². The lowest BCUT2D eigenvalue weighted by atomic mass is 9.98. The summed E-state index contributed by atoms with van der Waals surface area (Å²) >= 11 is 0. The van der Waals surface area contributed by atoms with Crippen molar-refractivity contribution >= 4 is 10.9 Å². The molecule has 0 saturated heterocycles. The molecule has 30 heavy (non-hydrogen) atoms. The van der Waals surface area contributed by atoms with Gasteiger partial charge in [0, 0.05) is 10.9 Å². The summed E-state index contributed by atoms with van der Waals surface area (Å²) in [6.45, 7) is 0.122. The maximum Gasteiger partial charge on any atom is 0.439 e. The first-order valence-corrected chi connectivity index (χ1v) is 9.49. The van der Waals surface area contributed by atoms with E-state index in [4.69, 9.17) is 9.72 Å². The van der Waals surface area contributed by atoms with Crippen LogP contribution in [0.25, 0.3) is 33.3 Å². The predicted octanol–water partition coefficient (Wildman–Crippen LogP) is 4.82. The predicted molar refractivity (Wildman–Crippen MR) is 114 cm³/mol. The molecule has 5 aromatic rings. The van der Waals surface area contributed by atoms with Crippen LogP contribution in [-0.4, -0.2) is 15.1 Å². The van der Waals surface area contributed by atoms with E-state index in [2.05, 4.69) is 38.9 Å². The summed E-state index contributed by atoms with van der Waals surface area (Å²) in [5.74, 6) is 0.403. The van der Waals surface area contributed by atoms with Crippen LogP contribution < -0.4 is 10.5 Å². The molecular weight excluding hydrogens is 378 g/mol. The molecule has 0 atom stereocenters. The number of benzene rings is 3. The van der Waals surface area contributed by atoms with Gasteiger partial charge in [0.25, 0.3) is 0 Å². The Kier molecular flexibility index (Phi) is 4.57. The Morgan fingerprint density at radius 2 is 1.63 bits per heavy atom. The maximum atomic E-state index is 11.0. The molecule has 3 aromatic carbocycles. The van der Waals surface area contributed by atoms with Gasteiger partial charge in [0.2, 0.25) is 0 Å². The summed E-state index contributed by atoms with van der Waals surface area (Å²) in [4.78, 5) is 18.3. The zero-order chi connectivity index (χ0) is 20.3. The number of aromatic nitrogens is 3. The average molecular weight is 395 g/mol. The van der Waals surface area contributed by atoms with Crippen LogP contribution >= 0.6 is 0 Å². The second-order valence-electron chi connectivity index (χ2n) is 6.79. The lowest BCUT2D eigenvalue weighted by Crippen LogP contribution is -2.01. The highest BCUT2D eigenvalue weighted by molar-refractivity contribution is 5.96. The summed E-state index contributed by atoms with van der Waals surface area (Å²) in [5.41, 5.74) is 5.12. The van der Waals surface area contributed by atoms with Crippen molar-refractivity contribution in [3.63, 3.8) is 0 Å². The third-order valence-electron chi connectivity index (χ3n) is 4.81. The molecule has 0 bridgehead atoms. The van der Waals surface area contributed by atoms with Gasteiger partial charge in [-0.15, -0.1) is 0 Å². The highest BCUT2D eigenvalue weighted by atomic mass is 16.5. The number of para-hydroxylation sites is 1. The molecule has 6 nitrogen and oxygen atoms in total. The number of aromatic amines is 1. The fourth-order valence-corrected chi connectivity index (χ4v) is 3.38. The van der Waals surface area contributed by atoms with Gasteiger partial charge in [-0.2, -0.15) is 0 Å². The van der Waals surface area contributed by atoms with Crippen LogP contribution in [-0.2, 0) is 6.61 Å². The molecule has 146 valence electrons. The number of pyridine rings is 1.